The number of alkyl halides is 2. The minimum Gasteiger partial charge on any atom is -0.310 e. The lowest BCUT2D eigenvalue weighted by Gasteiger charge is -2.08. The van der Waals surface area contributed by atoms with E-state index in [9.17, 15) is 8.78 Å². The molecule has 1 rings (SSSR count). The first-order chi connectivity index (χ1) is 5.29. The van der Waals surface area contributed by atoms with Gasteiger partial charge in [-0.3, -0.25) is 0 Å². The Balaban J connectivity index is 1.94. The number of halogens is 2. The molecule has 4 heteroatoms. The van der Waals surface area contributed by atoms with E-state index < -0.39 is 6.43 Å². The first-order valence-corrected chi connectivity index (χ1v) is 4.94. The van der Waals surface area contributed by atoms with Crippen LogP contribution < -0.4 is 5.32 Å². The highest BCUT2D eigenvalue weighted by atomic mass is 32.2. The molecule has 0 bridgehead atoms. The number of hydrogen-bond acceptors (Lipinski definition) is 2. The predicted octanol–water partition coefficient (Wildman–Crippen LogP) is 1.74. The van der Waals surface area contributed by atoms with E-state index in [2.05, 4.69) is 5.32 Å². The van der Waals surface area contributed by atoms with Crippen molar-refractivity contribution in [3.05, 3.63) is 0 Å². The van der Waals surface area contributed by atoms with Crippen molar-refractivity contribution < 1.29 is 8.78 Å². The Labute approximate surface area is 69.9 Å². The maximum atomic E-state index is 11.6. The lowest BCUT2D eigenvalue weighted by molar-refractivity contribution is 0.146. The molecule has 0 radical (unpaired) electrons. The van der Waals surface area contributed by atoms with Crippen molar-refractivity contribution in [3.8, 4) is 0 Å². The van der Waals surface area contributed by atoms with Crippen LogP contribution in [0.3, 0.4) is 0 Å². The normalized spacial score (nSPS) is 24.8. The van der Waals surface area contributed by atoms with Crippen LogP contribution in [0, 0.1) is 0 Å². The summed E-state index contributed by atoms with van der Waals surface area (Å²) in [6.07, 6.45) is 0.216. The van der Waals surface area contributed by atoms with Crippen LogP contribution in [0.5, 0.6) is 0 Å². The molecule has 0 aliphatic carbocycles. The molecule has 1 atom stereocenters. The second kappa shape index (κ2) is 4.93. The predicted molar refractivity (Wildman–Crippen MR) is 44.4 cm³/mol. The molecule has 0 spiro atoms. The van der Waals surface area contributed by atoms with E-state index in [-0.39, 0.29) is 6.54 Å². The van der Waals surface area contributed by atoms with Crippen molar-refractivity contribution in [2.24, 2.45) is 0 Å². The van der Waals surface area contributed by atoms with Crippen LogP contribution in [-0.2, 0) is 0 Å². The van der Waals surface area contributed by atoms with E-state index in [1.54, 1.807) is 0 Å². The average molecular weight is 181 g/mol. The van der Waals surface area contributed by atoms with Crippen LogP contribution >= 0.6 is 11.8 Å². The van der Waals surface area contributed by atoms with Gasteiger partial charge in [0.2, 0.25) is 0 Å². The molecule has 0 aromatic carbocycles. The summed E-state index contributed by atoms with van der Waals surface area (Å²) in [5.41, 5.74) is 0. The molecule has 0 amide bonds. The van der Waals surface area contributed by atoms with Gasteiger partial charge in [-0.15, -0.1) is 0 Å². The second-order valence-corrected chi connectivity index (χ2v) is 4.09. The van der Waals surface area contributed by atoms with Crippen molar-refractivity contribution in [2.45, 2.75) is 24.5 Å². The highest BCUT2D eigenvalue weighted by Gasteiger charge is 2.15. The van der Waals surface area contributed by atoms with Crippen molar-refractivity contribution >= 4 is 11.8 Å². The van der Waals surface area contributed by atoms with Gasteiger partial charge in [0.25, 0.3) is 6.43 Å². The SMILES string of the molecule is FC(F)CNCC1CCCS1. The van der Waals surface area contributed by atoms with Gasteiger partial charge >= 0.3 is 0 Å². The van der Waals surface area contributed by atoms with E-state index in [0.717, 1.165) is 6.54 Å². The first kappa shape index (κ1) is 9.26. The molecule has 1 fully saturated rings. The summed E-state index contributed by atoms with van der Waals surface area (Å²) < 4.78 is 23.3. The molecule has 0 saturated carbocycles. The van der Waals surface area contributed by atoms with Crippen LogP contribution in [0.4, 0.5) is 8.78 Å². The van der Waals surface area contributed by atoms with Crippen molar-refractivity contribution in [2.75, 3.05) is 18.8 Å². The van der Waals surface area contributed by atoms with E-state index in [1.807, 2.05) is 11.8 Å². The van der Waals surface area contributed by atoms with Gasteiger partial charge in [-0.25, -0.2) is 8.78 Å². The third-order valence-corrected chi connectivity index (χ3v) is 3.09. The van der Waals surface area contributed by atoms with Crippen LogP contribution in [0.1, 0.15) is 12.8 Å². The summed E-state index contributed by atoms with van der Waals surface area (Å²) in [6, 6.07) is 0. The van der Waals surface area contributed by atoms with Gasteiger partial charge in [0.1, 0.15) is 0 Å². The van der Waals surface area contributed by atoms with Crippen LogP contribution in [-0.4, -0.2) is 30.5 Å². The quantitative estimate of drug-likeness (QED) is 0.709. The first-order valence-electron chi connectivity index (χ1n) is 3.89. The third kappa shape index (κ3) is 3.91. The monoisotopic (exact) mass is 181 g/mol. The minimum atomic E-state index is -2.21. The molecule has 1 unspecified atom stereocenters. The maximum Gasteiger partial charge on any atom is 0.250 e. The molecule has 1 nitrogen and oxygen atoms in total. The molecule has 1 aliphatic rings. The van der Waals surface area contributed by atoms with Crippen molar-refractivity contribution in [1.29, 1.82) is 0 Å². The second-order valence-electron chi connectivity index (χ2n) is 2.68. The van der Waals surface area contributed by atoms with Crippen LogP contribution in [0.25, 0.3) is 0 Å². The molecule has 66 valence electrons. The number of thioether (sulfide) groups is 1. The van der Waals surface area contributed by atoms with Gasteiger partial charge in [-0.2, -0.15) is 11.8 Å². The maximum absolute atomic E-state index is 11.6. The Hall–Kier alpha value is 0.170. The zero-order valence-electron chi connectivity index (χ0n) is 6.35. The topological polar surface area (TPSA) is 12.0 Å². The average Bonchev–Trinajstić information content (AvgIpc) is 2.39. The summed E-state index contributed by atoms with van der Waals surface area (Å²) in [5.74, 6) is 1.20. The molecule has 1 N–H and O–H groups in total. The standard InChI is InChI=1S/C7H13F2NS/c8-7(9)5-10-4-6-2-1-3-11-6/h6-7,10H,1-5H2. The number of hydrogen-bond donors (Lipinski definition) is 1. The summed E-state index contributed by atoms with van der Waals surface area (Å²) in [5, 5.41) is 3.33. The van der Waals surface area contributed by atoms with Crippen molar-refractivity contribution in [1.82, 2.24) is 5.32 Å². The zero-order chi connectivity index (χ0) is 8.10. The molecule has 0 aromatic heterocycles. The smallest absolute Gasteiger partial charge is 0.250 e. The van der Waals surface area contributed by atoms with Gasteiger partial charge in [0.05, 0.1) is 6.54 Å². The van der Waals surface area contributed by atoms with Gasteiger partial charge in [-0.05, 0) is 18.6 Å². The molecule has 0 aromatic rings. The Morgan fingerprint density at radius 3 is 2.91 bits per heavy atom. The summed E-state index contributed by atoms with van der Waals surface area (Å²) in [7, 11) is 0. The molecule has 11 heavy (non-hydrogen) atoms. The molecule has 1 aliphatic heterocycles. The highest BCUT2D eigenvalue weighted by molar-refractivity contribution is 8.00. The Kier molecular flexibility index (Phi) is 4.15. The van der Waals surface area contributed by atoms with E-state index >= 15 is 0 Å². The van der Waals surface area contributed by atoms with Gasteiger partial charge in [-0.1, -0.05) is 0 Å². The van der Waals surface area contributed by atoms with E-state index in [4.69, 9.17) is 0 Å². The molecule has 1 heterocycles. The highest BCUT2D eigenvalue weighted by Crippen LogP contribution is 2.25. The Morgan fingerprint density at radius 2 is 2.36 bits per heavy atom. The van der Waals surface area contributed by atoms with Gasteiger partial charge in [0, 0.05) is 11.8 Å². The number of nitrogens with one attached hydrogen (secondary N) is 1. The molecular formula is C7H13F2NS. The summed E-state index contributed by atoms with van der Waals surface area (Å²) in [6.45, 7) is 0.589. The Bertz CT molecular complexity index is 105. The van der Waals surface area contributed by atoms with E-state index in [0.29, 0.717) is 5.25 Å². The Morgan fingerprint density at radius 1 is 1.55 bits per heavy atom. The zero-order valence-corrected chi connectivity index (χ0v) is 7.17. The van der Waals surface area contributed by atoms with Crippen LogP contribution in [0.2, 0.25) is 0 Å². The van der Waals surface area contributed by atoms with E-state index in [1.165, 1.54) is 18.6 Å². The lowest BCUT2D eigenvalue weighted by Crippen LogP contribution is -2.27. The fourth-order valence-corrected chi connectivity index (χ4v) is 2.39. The van der Waals surface area contributed by atoms with Gasteiger partial charge < -0.3 is 5.32 Å². The summed E-state index contributed by atoms with van der Waals surface area (Å²) in [4.78, 5) is 0. The fraction of sp³-hybridized carbons (Fsp3) is 1.00. The minimum absolute atomic E-state index is 0.156. The van der Waals surface area contributed by atoms with Gasteiger partial charge in [0.15, 0.2) is 0 Å². The van der Waals surface area contributed by atoms with Crippen LogP contribution in [0.15, 0.2) is 0 Å². The molecule has 1 saturated heterocycles. The number of rotatable bonds is 4. The fourth-order valence-electron chi connectivity index (χ4n) is 1.16. The lowest BCUT2D eigenvalue weighted by atomic mass is 10.2. The largest absolute Gasteiger partial charge is 0.310 e. The summed E-state index contributed by atoms with van der Waals surface area (Å²) >= 11 is 1.89. The third-order valence-electron chi connectivity index (χ3n) is 1.69. The molecular weight excluding hydrogens is 168 g/mol. The van der Waals surface area contributed by atoms with Crippen molar-refractivity contribution in [3.63, 3.8) is 0 Å².